The van der Waals surface area contributed by atoms with Crippen LogP contribution in [0.25, 0.3) is 11.1 Å². The lowest BCUT2D eigenvalue weighted by Crippen LogP contribution is -2.47. The summed E-state index contributed by atoms with van der Waals surface area (Å²) < 4.78 is 5.64. The third kappa shape index (κ3) is 4.15. The Balaban J connectivity index is 1.17. The van der Waals surface area contributed by atoms with Crippen molar-refractivity contribution in [1.82, 2.24) is 10.2 Å². The van der Waals surface area contributed by atoms with Gasteiger partial charge in [0, 0.05) is 23.6 Å². The molecule has 34 heavy (non-hydrogen) atoms. The molecule has 3 aliphatic rings. The molecule has 5 rings (SSSR count). The van der Waals surface area contributed by atoms with Crippen molar-refractivity contribution in [2.24, 2.45) is 5.92 Å². The number of alkyl carbamates (subject to hydrolysis) is 1. The number of rotatable bonds is 5. The summed E-state index contributed by atoms with van der Waals surface area (Å²) in [5, 5.41) is 12.2. The second-order valence-corrected chi connectivity index (χ2v) is 10.6. The number of thioether (sulfide) groups is 1. The Morgan fingerprint density at radius 1 is 1.06 bits per heavy atom. The molecule has 2 amide bonds. The molecule has 0 radical (unpaired) electrons. The lowest BCUT2D eigenvalue weighted by Gasteiger charge is -2.28. The number of fused-ring (bicyclic) bond motifs is 3. The lowest BCUT2D eigenvalue weighted by molar-refractivity contribution is -0.150. The Kier molecular flexibility index (Phi) is 6.25. The number of carboxylic acid groups (broad SMARTS) is 1. The first kappa shape index (κ1) is 22.8. The molecule has 0 spiro atoms. The van der Waals surface area contributed by atoms with Gasteiger partial charge in [-0.3, -0.25) is 4.79 Å². The van der Waals surface area contributed by atoms with E-state index < -0.39 is 18.1 Å². The maximum Gasteiger partial charge on any atom is 0.407 e. The standard InChI is InChI=1S/C26H28N2O5S/c1-15-28(23(14-34-15)25(30)31)24(29)16-10-11-17(12-16)27-26(32)33-13-22-20-8-4-2-6-18(20)19-7-3-5-9-21(19)22/h2-9,15-17,22-23H,10-14H2,1H3,(H,27,32)(H,30,31). The Bertz CT molecular complexity index is 1080. The van der Waals surface area contributed by atoms with Crippen LogP contribution in [0.3, 0.4) is 0 Å². The number of hydrogen-bond donors (Lipinski definition) is 2. The van der Waals surface area contributed by atoms with Crippen LogP contribution >= 0.6 is 11.8 Å². The van der Waals surface area contributed by atoms with Crippen molar-refractivity contribution in [2.75, 3.05) is 12.4 Å². The van der Waals surface area contributed by atoms with Gasteiger partial charge in [-0.2, -0.15) is 0 Å². The molecule has 8 heteroatoms. The number of hydrogen-bond acceptors (Lipinski definition) is 5. The molecule has 7 nitrogen and oxygen atoms in total. The molecule has 4 unspecified atom stereocenters. The second kappa shape index (κ2) is 9.33. The van der Waals surface area contributed by atoms with Gasteiger partial charge in [-0.25, -0.2) is 9.59 Å². The maximum atomic E-state index is 13.0. The van der Waals surface area contributed by atoms with E-state index in [0.29, 0.717) is 25.0 Å². The highest BCUT2D eigenvalue weighted by atomic mass is 32.2. The van der Waals surface area contributed by atoms with Gasteiger partial charge in [0.2, 0.25) is 5.91 Å². The Morgan fingerprint density at radius 2 is 1.71 bits per heavy atom. The van der Waals surface area contributed by atoms with Gasteiger partial charge in [0.15, 0.2) is 0 Å². The van der Waals surface area contributed by atoms with Gasteiger partial charge in [-0.15, -0.1) is 11.8 Å². The molecule has 178 valence electrons. The van der Waals surface area contributed by atoms with Crippen molar-refractivity contribution in [2.45, 2.75) is 49.6 Å². The number of carbonyl (C=O) groups is 3. The quantitative estimate of drug-likeness (QED) is 0.670. The van der Waals surface area contributed by atoms with Crippen LogP contribution in [0.5, 0.6) is 0 Å². The van der Waals surface area contributed by atoms with E-state index in [1.54, 1.807) is 0 Å². The summed E-state index contributed by atoms with van der Waals surface area (Å²) in [6.07, 6.45) is 1.33. The van der Waals surface area contributed by atoms with Crippen molar-refractivity contribution in [3.8, 4) is 11.1 Å². The minimum atomic E-state index is -0.962. The highest BCUT2D eigenvalue weighted by Gasteiger charge is 2.43. The fourth-order valence-electron chi connectivity index (χ4n) is 5.52. The number of ether oxygens (including phenoxy) is 1. The van der Waals surface area contributed by atoms with Crippen LogP contribution in [-0.4, -0.2) is 57.8 Å². The Morgan fingerprint density at radius 3 is 2.35 bits per heavy atom. The van der Waals surface area contributed by atoms with E-state index in [0.717, 1.165) is 11.1 Å². The van der Waals surface area contributed by atoms with Gasteiger partial charge >= 0.3 is 12.1 Å². The van der Waals surface area contributed by atoms with Crippen LogP contribution in [0.1, 0.15) is 43.2 Å². The fraction of sp³-hybridized carbons (Fsp3) is 0.423. The molecule has 1 saturated heterocycles. The minimum absolute atomic E-state index is 0.00170. The van der Waals surface area contributed by atoms with Crippen LogP contribution in [0, 0.1) is 5.92 Å². The molecule has 2 N–H and O–H groups in total. The molecule has 0 bridgehead atoms. The lowest BCUT2D eigenvalue weighted by atomic mass is 9.98. The number of nitrogens with zero attached hydrogens (tertiary/aromatic N) is 1. The molecular weight excluding hydrogens is 452 g/mol. The Hall–Kier alpha value is -3.00. The fourth-order valence-corrected chi connectivity index (χ4v) is 6.70. The van der Waals surface area contributed by atoms with E-state index >= 15 is 0 Å². The molecule has 1 saturated carbocycles. The highest BCUT2D eigenvalue weighted by molar-refractivity contribution is 8.00. The van der Waals surface area contributed by atoms with Crippen molar-refractivity contribution in [3.05, 3.63) is 59.7 Å². The van der Waals surface area contributed by atoms with Crippen LogP contribution in [0.2, 0.25) is 0 Å². The van der Waals surface area contributed by atoms with Gasteiger partial charge in [-0.05, 0) is 48.4 Å². The number of aliphatic carboxylic acids is 1. The molecule has 2 aromatic rings. The predicted molar refractivity (Wildman–Crippen MR) is 130 cm³/mol. The van der Waals surface area contributed by atoms with Crippen LogP contribution < -0.4 is 5.32 Å². The average molecular weight is 481 g/mol. The van der Waals surface area contributed by atoms with Crippen molar-refractivity contribution < 1.29 is 24.2 Å². The van der Waals surface area contributed by atoms with Gasteiger partial charge in [-0.1, -0.05) is 48.5 Å². The monoisotopic (exact) mass is 480 g/mol. The number of carbonyl (C=O) groups excluding carboxylic acids is 2. The molecule has 2 aromatic carbocycles. The van der Waals surface area contributed by atoms with E-state index in [1.165, 1.54) is 27.8 Å². The SMILES string of the molecule is CC1SCC(C(=O)O)N1C(=O)C1CCC(NC(=O)OCC2c3ccccc3-c3ccccc32)C1. The minimum Gasteiger partial charge on any atom is -0.480 e. The Labute approximate surface area is 202 Å². The topological polar surface area (TPSA) is 95.9 Å². The molecule has 2 aliphatic carbocycles. The van der Waals surface area contributed by atoms with Crippen molar-refractivity contribution in [3.63, 3.8) is 0 Å². The zero-order valence-corrected chi connectivity index (χ0v) is 19.8. The summed E-state index contributed by atoms with van der Waals surface area (Å²) in [4.78, 5) is 38.7. The summed E-state index contributed by atoms with van der Waals surface area (Å²) in [5.41, 5.74) is 4.68. The molecule has 2 fully saturated rings. The molecular formula is C26H28N2O5S. The summed E-state index contributed by atoms with van der Waals surface area (Å²) in [6.45, 7) is 2.12. The van der Waals surface area contributed by atoms with Crippen LogP contribution in [0.15, 0.2) is 48.5 Å². The maximum absolute atomic E-state index is 13.0. The normalized spacial score (nSPS) is 25.6. The largest absolute Gasteiger partial charge is 0.480 e. The number of amides is 2. The van der Waals surface area contributed by atoms with Gasteiger partial charge in [0.25, 0.3) is 0 Å². The zero-order valence-electron chi connectivity index (χ0n) is 19.0. The first-order chi connectivity index (χ1) is 16.4. The summed E-state index contributed by atoms with van der Waals surface area (Å²) >= 11 is 1.48. The molecule has 1 aliphatic heterocycles. The van der Waals surface area contributed by atoms with Crippen molar-refractivity contribution >= 4 is 29.7 Å². The molecule has 4 atom stereocenters. The smallest absolute Gasteiger partial charge is 0.407 e. The number of benzene rings is 2. The first-order valence-electron chi connectivity index (χ1n) is 11.7. The third-order valence-electron chi connectivity index (χ3n) is 7.21. The number of nitrogens with one attached hydrogen (secondary N) is 1. The van der Waals surface area contributed by atoms with Crippen LogP contribution in [-0.2, 0) is 14.3 Å². The van der Waals surface area contributed by atoms with E-state index in [2.05, 4.69) is 29.6 Å². The summed E-state index contributed by atoms with van der Waals surface area (Å²) in [6, 6.07) is 15.5. The van der Waals surface area contributed by atoms with Crippen LogP contribution in [0.4, 0.5) is 4.79 Å². The summed E-state index contributed by atoms with van der Waals surface area (Å²) in [5.74, 6) is -0.950. The molecule has 1 heterocycles. The average Bonchev–Trinajstić information content (AvgIpc) is 3.53. The zero-order chi connectivity index (χ0) is 23.8. The van der Waals surface area contributed by atoms with Gasteiger partial charge in [0.1, 0.15) is 12.6 Å². The van der Waals surface area contributed by atoms with Gasteiger partial charge in [0.05, 0.1) is 5.37 Å². The number of carboxylic acids is 1. The second-order valence-electron chi connectivity index (χ2n) is 9.21. The van der Waals surface area contributed by atoms with E-state index in [9.17, 15) is 19.5 Å². The predicted octanol–water partition coefficient (Wildman–Crippen LogP) is 4.07. The van der Waals surface area contributed by atoms with E-state index in [1.807, 2.05) is 31.2 Å². The summed E-state index contributed by atoms with van der Waals surface area (Å²) in [7, 11) is 0. The van der Waals surface area contributed by atoms with E-state index in [4.69, 9.17) is 4.74 Å². The highest BCUT2D eigenvalue weighted by Crippen LogP contribution is 2.44. The molecule has 0 aromatic heterocycles. The first-order valence-corrected chi connectivity index (χ1v) is 12.8. The van der Waals surface area contributed by atoms with Crippen molar-refractivity contribution in [1.29, 1.82) is 0 Å². The third-order valence-corrected chi connectivity index (χ3v) is 8.43. The van der Waals surface area contributed by atoms with E-state index in [-0.39, 0.29) is 35.8 Å². The van der Waals surface area contributed by atoms with Gasteiger partial charge < -0.3 is 20.1 Å².